The Balaban J connectivity index is 2.59. The standard InChI is InChI=1S/C12H15NO3/c1-15-11-7-6-8-9(12(11)16-2)4-3-5-10(8)13-14/h6-7,14H,3-5H2,1-2H3/b13-10+. The lowest BCUT2D eigenvalue weighted by Gasteiger charge is -2.21. The fourth-order valence-corrected chi connectivity index (χ4v) is 2.18. The van der Waals surface area contributed by atoms with Crippen LogP contribution in [0.1, 0.15) is 24.0 Å². The summed E-state index contributed by atoms with van der Waals surface area (Å²) in [5.41, 5.74) is 2.76. The fourth-order valence-electron chi connectivity index (χ4n) is 2.18. The van der Waals surface area contributed by atoms with Gasteiger partial charge in [0.2, 0.25) is 0 Å². The molecule has 1 aliphatic rings. The average molecular weight is 221 g/mol. The molecule has 0 amide bonds. The summed E-state index contributed by atoms with van der Waals surface area (Å²) >= 11 is 0. The summed E-state index contributed by atoms with van der Waals surface area (Å²) in [5, 5.41) is 12.3. The van der Waals surface area contributed by atoms with E-state index >= 15 is 0 Å². The smallest absolute Gasteiger partial charge is 0.164 e. The van der Waals surface area contributed by atoms with E-state index in [1.165, 1.54) is 0 Å². The maximum absolute atomic E-state index is 8.94. The number of hydrogen-bond acceptors (Lipinski definition) is 4. The number of oxime groups is 1. The predicted octanol–water partition coefficient (Wildman–Crippen LogP) is 2.22. The van der Waals surface area contributed by atoms with Crippen LogP contribution >= 0.6 is 0 Å². The number of rotatable bonds is 2. The fraction of sp³-hybridized carbons (Fsp3) is 0.417. The Hall–Kier alpha value is -1.71. The lowest BCUT2D eigenvalue weighted by Crippen LogP contribution is -2.13. The van der Waals surface area contributed by atoms with E-state index in [0.29, 0.717) is 0 Å². The molecule has 2 rings (SSSR count). The predicted molar refractivity (Wildman–Crippen MR) is 60.8 cm³/mol. The van der Waals surface area contributed by atoms with E-state index < -0.39 is 0 Å². The molecular weight excluding hydrogens is 206 g/mol. The highest BCUT2D eigenvalue weighted by molar-refractivity contribution is 6.03. The number of ether oxygens (including phenoxy) is 2. The highest BCUT2D eigenvalue weighted by atomic mass is 16.5. The molecule has 4 nitrogen and oxygen atoms in total. The lowest BCUT2D eigenvalue weighted by molar-refractivity contribution is 0.317. The van der Waals surface area contributed by atoms with Crippen molar-refractivity contribution in [2.75, 3.05) is 14.2 Å². The van der Waals surface area contributed by atoms with Crippen molar-refractivity contribution in [2.24, 2.45) is 5.16 Å². The van der Waals surface area contributed by atoms with Gasteiger partial charge in [-0.15, -0.1) is 0 Å². The largest absolute Gasteiger partial charge is 0.493 e. The van der Waals surface area contributed by atoms with Crippen LogP contribution in [0.25, 0.3) is 0 Å². The second kappa shape index (κ2) is 4.43. The van der Waals surface area contributed by atoms with Crippen LogP contribution in [0.3, 0.4) is 0 Å². The van der Waals surface area contributed by atoms with Crippen LogP contribution in [0, 0.1) is 0 Å². The molecule has 0 fully saturated rings. The van der Waals surface area contributed by atoms with Gasteiger partial charge < -0.3 is 14.7 Å². The van der Waals surface area contributed by atoms with Crippen LogP contribution in [0.2, 0.25) is 0 Å². The first-order valence-electron chi connectivity index (χ1n) is 5.27. The SMILES string of the molecule is COc1ccc2c(c1OC)CCC/C2=N\O. The number of benzene rings is 1. The van der Waals surface area contributed by atoms with Gasteiger partial charge in [-0.25, -0.2) is 0 Å². The minimum Gasteiger partial charge on any atom is -0.493 e. The van der Waals surface area contributed by atoms with Gasteiger partial charge in [0, 0.05) is 11.1 Å². The zero-order valence-electron chi connectivity index (χ0n) is 9.49. The van der Waals surface area contributed by atoms with Crippen molar-refractivity contribution in [3.05, 3.63) is 23.3 Å². The van der Waals surface area contributed by atoms with Crippen LogP contribution < -0.4 is 9.47 Å². The molecule has 0 saturated carbocycles. The van der Waals surface area contributed by atoms with Gasteiger partial charge in [-0.2, -0.15) is 0 Å². The summed E-state index contributed by atoms with van der Waals surface area (Å²) < 4.78 is 10.6. The molecule has 86 valence electrons. The Morgan fingerprint density at radius 3 is 2.62 bits per heavy atom. The molecule has 1 aromatic rings. The van der Waals surface area contributed by atoms with Crippen molar-refractivity contribution in [2.45, 2.75) is 19.3 Å². The molecule has 0 bridgehead atoms. The number of hydrogen-bond donors (Lipinski definition) is 1. The summed E-state index contributed by atoms with van der Waals surface area (Å²) in [7, 11) is 3.25. The van der Waals surface area contributed by atoms with E-state index in [1.54, 1.807) is 14.2 Å². The van der Waals surface area contributed by atoms with Gasteiger partial charge in [-0.3, -0.25) is 0 Å². The molecular formula is C12H15NO3. The normalized spacial score (nSPS) is 17.0. The molecule has 16 heavy (non-hydrogen) atoms. The molecule has 1 aromatic carbocycles. The Morgan fingerprint density at radius 1 is 1.19 bits per heavy atom. The highest BCUT2D eigenvalue weighted by Gasteiger charge is 2.22. The molecule has 0 atom stereocenters. The van der Waals surface area contributed by atoms with E-state index in [9.17, 15) is 0 Å². The van der Waals surface area contributed by atoms with Crippen molar-refractivity contribution >= 4 is 5.71 Å². The van der Waals surface area contributed by atoms with Crippen LogP contribution in [-0.2, 0) is 6.42 Å². The zero-order valence-corrected chi connectivity index (χ0v) is 9.49. The van der Waals surface area contributed by atoms with Crippen molar-refractivity contribution in [3.8, 4) is 11.5 Å². The summed E-state index contributed by atoms with van der Waals surface area (Å²) in [6, 6.07) is 3.76. The summed E-state index contributed by atoms with van der Waals surface area (Å²) in [6.45, 7) is 0. The Morgan fingerprint density at radius 2 is 2.00 bits per heavy atom. The van der Waals surface area contributed by atoms with E-state index in [4.69, 9.17) is 14.7 Å². The van der Waals surface area contributed by atoms with E-state index in [-0.39, 0.29) is 0 Å². The minimum absolute atomic E-state index is 0.723. The topological polar surface area (TPSA) is 51.0 Å². The highest BCUT2D eigenvalue weighted by Crippen LogP contribution is 2.37. The first-order valence-corrected chi connectivity index (χ1v) is 5.27. The zero-order chi connectivity index (χ0) is 11.5. The summed E-state index contributed by atoms with van der Waals surface area (Å²) in [4.78, 5) is 0. The molecule has 0 heterocycles. The third kappa shape index (κ3) is 1.60. The van der Waals surface area contributed by atoms with Gasteiger partial charge in [-0.05, 0) is 31.4 Å². The molecule has 0 unspecified atom stereocenters. The van der Waals surface area contributed by atoms with Gasteiger partial charge in [-0.1, -0.05) is 5.16 Å². The van der Waals surface area contributed by atoms with Gasteiger partial charge in [0.15, 0.2) is 11.5 Å². The molecule has 1 aliphatic carbocycles. The molecule has 1 N–H and O–H groups in total. The minimum atomic E-state index is 0.723. The van der Waals surface area contributed by atoms with Gasteiger partial charge in [0.05, 0.1) is 19.9 Å². The van der Waals surface area contributed by atoms with Crippen molar-refractivity contribution in [1.82, 2.24) is 0 Å². The molecule has 0 spiro atoms. The lowest BCUT2D eigenvalue weighted by atomic mass is 9.89. The van der Waals surface area contributed by atoms with E-state index in [1.807, 2.05) is 12.1 Å². The molecule has 4 heteroatoms. The Labute approximate surface area is 94.5 Å². The van der Waals surface area contributed by atoms with Crippen LogP contribution in [0.15, 0.2) is 17.3 Å². The molecule has 0 saturated heterocycles. The molecule has 0 radical (unpaired) electrons. The Kier molecular flexibility index (Phi) is 2.99. The van der Waals surface area contributed by atoms with Crippen molar-refractivity contribution in [3.63, 3.8) is 0 Å². The number of methoxy groups -OCH3 is 2. The molecule has 0 aromatic heterocycles. The van der Waals surface area contributed by atoms with Gasteiger partial charge in [0.1, 0.15) is 0 Å². The van der Waals surface area contributed by atoms with E-state index in [2.05, 4.69) is 5.16 Å². The van der Waals surface area contributed by atoms with Crippen molar-refractivity contribution in [1.29, 1.82) is 0 Å². The molecule has 0 aliphatic heterocycles. The maximum atomic E-state index is 8.94. The summed E-state index contributed by atoms with van der Waals surface area (Å²) in [5.74, 6) is 1.47. The van der Waals surface area contributed by atoms with Gasteiger partial charge in [0.25, 0.3) is 0 Å². The van der Waals surface area contributed by atoms with Crippen LogP contribution in [0.5, 0.6) is 11.5 Å². The monoisotopic (exact) mass is 221 g/mol. The quantitative estimate of drug-likeness (QED) is 0.615. The van der Waals surface area contributed by atoms with E-state index in [0.717, 1.165) is 47.6 Å². The maximum Gasteiger partial charge on any atom is 0.164 e. The average Bonchev–Trinajstić information content (AvgIpc) is 2.36. The second-order valence-electron chi connectivity index (χ2n) is 3.73. The number of nitrogens with zero attached hydrogens (tertiary/aromatic N) is 1. The third-order valence-corrected chi connectivity index (χ3v) is 2.92. The Bertz CT molecular complexity index is 427. The summed E-state index contributed by atoms with van der Waals surface area (Å²) in [6.07, 6.45) is 2.70. The first kappa shape index (κ1) is 10.8. The van der Waals surface area contributed by atoms with Crippen LogP contribution in [0.4, 0.5) is 0 Å². The van der Waals surface area contributed by atoms with Crippen LogP contribution in [-0.4, -0.2) is 25.1 Å². The number of fused-ring (bicyclic) bond motifs is 1. The van der Waals surface area contributed by atoms with Crippen molar-refractivity contribution < 1.29 is 14.7 Å². The first-order chi connectivity index (χ1) is 7.81. The van der Waals surface area contributed by atoms with Gasteiger partial charge >= 0.3 is 0 Å². The second-order valence-corrected chi connectivity index (χ2v) is 3.73. The third-order valence-electron chi connectivity index (χ3n) is 2.92.